The monoisotopic (exact) mass is 498 g/mol. The van der Waals surface area contributed by atoms with Crippen molar-refractivity contribution in [3.05, 3.63) is 58.7 Å². The van der Waals surface area contributed by atoms with Crippen molar-refractivity contribution in [3.63, 3.8) is 0 Å². The molecule has 0 aromatic heterocycles. The van der Waals surface area contributed by atoms with Gasteiger partial charge in [0, 0.05) is 43.5 Å². The number of fused-ring (bicyclic) bond motifs is 1. The molecule has 0 spiro atoms. The van der Waals surface area contributed by atoms with Crippen LogP contribution in [0.1, 0.15) is 45.7 Å². The zero-order chi connectivity index (χ0) is 25.5. The Hall–Kier alpha value is -3.24. The molecule has 0 unspecified atom stereocenters. The highest BCUT2D eigenvalue weighted by molar-refractivity contribution is 7.90. The number of hydrogen-bond acceptors (Lipinski definition) is 6. The minimum Gasteiger partial charge on any atom is -0.336 e. The lowest BCUT2D eigenvalue weighted by Crippen LogP contribution is -2.50. The number of benzene rings is 2. The molecule has 10 heteroatoms. The maximum atomic E-state index is 13.1. The highest BCUT2D eigenvalue weighted by Gasteiger charge is 2.43. The van der Waals surface area contributed by atoms with Crippen molar-refractivity contribution in [2.45, 2.75) is 38.6 Å². The van der Waals surface area contributed by atoms with Gasteiger partial charge in [-0.3, -0.25) is 19.3 Å². The molecule has 2 aliphatic heterocycles. The molecule has 0 saturated carbocycles. The van der Waals surface area contributed by atoms with Gasteiger partial charge in [-0.2, -0.15) is 0 Å². The Bertz CT molecular complexity index is 1300. The average Bonchev–Trinajstić information content (AvgIpc) is 3.01. The molecular formula is C25H30N4O5S. The minimum absolute atomic E-state index is 0.0925. The third kappa shape index (κ3) is 4.68. The molecule has 186 valence electrons. The molecule has 0 radical (unpaired) electrons. The number of carbonyl (C=O) groups excluding carboxylic acids is 3. The van der Waals surface area contributed by atoms with Gasteiger partial charge < -0.3 is 10.2 Å². The van der Waals surface area contributed by atoms with Gasteiger partial charge in [-0.25, -0.2) is 12.7 Å². The summed E-state index contributed by atoms with van der Waals surface area (Å²) in [6.45, 7) is 9.33. The van der Waals surface area contributed by atoms with Crippen molar-refractivity contribution < 1.29 is 22.8 Å². The van der Waals surface area contributed by atoms with Gasteiger partial charge >= 0.3 is 0 Å². The van der Waals surface area contributed by atoms with Crippen LogP contribution in [0.15, 0.2) is 41.3 Å². The fourth-order valence-corrected chi connectivity index (χ4v) is 6.26. The summed E-state index contributed by atoms with van der Waals surface area (Å²) in [7, 11) is -3.98. The van der Waals surface area contributed by atoms with E-state index in [0.29, 0.717) is 26.2 Å². The van der Waals surface area contributed by atoms with E-state index in [1.54, 1.807) is 18.7 Å². The third-order valence-electron chi connectivity index (χ3n) is 6.57. The minimum atomic E-state index is -3.98. The van der Waals surface area contributed by atoms with Gasteiger partial charge in [0.05, 0.1) is 12.1 Å². The van der Waals surface area contributed by atoms with Gasteiger partial charge in [0.1, 0.15) is 4.90 Å². The lowest BCUT2D eigenvalue weighted by Gasteiger charge is -2.34. The zero-order valence-corrected chi connectivity index (χ0v) is 21.2. The van der Waals surface area contributed by atoms with Crippen molar-refractivity contribution >= 4 is 33.4 Å². The number of amides is 3. The Kier molecular flexibility index (Phi) is 6.70. The smallest absolute Gasteiger partial charge is 0.269 e. The van der Waals surface area contributed by atoms with Crippen LogP contribution in [0.25, 0.3) is 0 Å². The quantitative estimate of drug-likeness (QED) is 0.678. The van der Waals surface area contributed by atoms with Crippen LogP contribution < -0.4 is 5.32 Å². The summed E-state index contributed by atoms with van der Waals surface area (Å²) in [6, 6.07) is 9.48. The van der Waals surface area contributed by atoms with E-state index < -0.39 is 22.0 Å². The Labute approximate surface area is 205 Å². The van der Waals surface area contributed by atoms with Crippen LogP contribution in [0.3, 0.4) is 0 Å². The standard InChI is InChI=1S/C25H30N4O5S/c1-16(2)29-25(32)20-9-8-19(14-22(20)35(29,33)34)24(31)28-12-10-27(11-13-28)15-23(30)26-21-7-5-6-17(3)18(21)4/h5-9,14,16H,10-13,15H2,1-4H3,(H,26,30). The number of piperazine rings is 1. The van der Waals surface area contributed by atoms with E-state index in [1.165, 1.54) is 18.2 Å². The Morgan fingerprint density at radius 3 is 2.37 bits per heavy atom. The molecule has 3 amide bonds. The number of anilines is 1. The largest absolute Gasteiger partial charge is 0.336 e. The van der Waals surface area contributed by atoms with E-state index >= 15 is 0 Å². The van der Waals surface area contributed by atoms with Gasteiger partial charge in [0.25, 0.3) is 21.8 Å². The van der Waals surface area contributed by atoms with E-state index in [4.69, 9.17) is 0 Å². The molecule has 0 atom stereocenters. The molecule has 35 heavy (non-hydrogen) atoms. The van der Waals surface area contributed by atoms with Crippen LogP contribution in [0, 0.1) is 13.8 Å². The zero-order valence-electron chi connectivity index (χ0n) is 20.4. The van der Waals surface area contributed by atoms with Gasteiger partial charge in [-0.15, -0.1) is 0 Å². The molecule has 1 saturated heterocycles. The van der Waals surface area contributed by atoms with Crippen molar-refractivity contribution in [1.82, 2.24) is 14.1 Å². The predicted molar refractivity (Wildman–Crippen MR) is 132 cm³/mol. The van der Waals surface area contributed by atoms with Crippen LogP contribution in [0.2, 0.25) is 0 Å². The molecule has 4 rings (SSSR count). The first kappa shape index (κ1) is 24.9. The summed E-state index contributed by atoms with van der Waals surface area (Å²) >= 11 is 0. The van der Waals surface area contributed by atoms with Crippen LogP contribution in [0.4, 0.5) is 5.69 Å². The lowest BCUT2D eigenvalue weighted by atomic mass is 10.1. The van der Waals surface area contributed by atoms with Crippen molar-refractivity contribution in [2.75, 3.05) is 38.0 Å². The predicted octanol–water partition coefficient (Wildman–Crippen LogP) is 2.25. The normalized spacial score (nSPS) is 17.6. The fourth-order valence-electron chi connectivity index (χ4n) is 4.46. The number of rotatable bonds is 5. The first-order valence-electron chi connectivity index (χ1n) is 11.6. The highest BCUT2D eigenvalue weighted by atomic mass is 32.2. The molecule has 2 heterocycles. The Balaban J connectivity index is 1.38. The van der Waals surface area contributed by atoms with Crippen LogP contribution >= 0.6 is 0 Å². The molecule has 2 aromatic rings. The Morgan fingerprint density at radius 1 is 1.03 bits per heavy atom. The molecule has 0 aliphatic carbocycles. The number of nitrogens with zero attached hydrogens (tertiary/aromatic N) is 3. The summed E-state index contributed by atoms with van der Waals surface area (Å²) in [4.78, 5) is 41.6. The van der Waals surface area contributed by atoms with E-state index in [9.17, 15) is 22.8 Å². The average molecular weight is 499 g/mol. The van der Waals surface area contributed by atoms with Gasteiger partial charge in [-0.05, 0) is 63.1 Å². The van der Waals surface area contributed by atoms with E-state index in [1.807, 2.05) is 36.9 Å². The van der Waals surface area contributed by atoms with E-state index in [-0.39, 0.29) is 34.4 Å². The molecule has 1 N–H and O–H groups in total. The van der Waals surface area contributed by atoms with Crippen LogP contribution in [-0.4, -0.2) is 79.0 Å². The summed E-state index contributed by atoms with van der Waals surface area (Å²) in [5.74, 6) is -0.971. The first-order chi connectivity index (χ1) is 16.5. The second-order valence-corrected chi connectivity index (χ2v) is 11.1. The number of carbonyl (C=O) groups is 3. The number of aryl methyl sites for hydroxylation is 1. The Morgan fingerprint density at radius 2 is 1.71 bits per heavy atom. The molecule has 0 bridgehead atoms. The molecule has 2 aromatic carbocycles. The SMILES string of the molecule is Cc1cccc(NC(=O)CN2CCN(C(=O)c3ccc4c(c3)S(=O)(=O)N(C(C)C)C4=O)CC2)c1C. The maximum Gasteiger partial charge on any atom is 0.269 e. The van der Waals surface area contributed by atoms with E-state index in [2.05, 4.69) is 5.32 Å². The summed E-state index contributed by atoms with van der Waals surface area (Å²) in [6.07, 6.45) is 0. The van der Waals surface area contributed by atoms with Crippen LogP contribution in [0.5, 0.6) is 0 Å². The van der Waals surface area contributed by atoms with Gasteiger partial charge in [-0.1, -0.05) is 12.1 Å². The first-order valence-corrected chi connectivity index (χ1v) is 13.0. The fraction of sp³-hybridized carbons (Fsp3) is 0.400. The van der Waals surface area contributed by atoms with Crippen molar-refractivity contribution in [2.24, 2.45) is 0 Å². The maximum absolute atomic E-state index is 13.1. The molecular weight excluding hydrogens is 468 g/mol. The number of hydrogen-bond donors (Lipinski definition) is 1. The van der Waals surface area contributed by atoms with Crippen molar-refractivity contribution in [1.29, 1.82) is 0 Å². The van der Waals surface area contributed by atoms with Crippen LogP contribution in [-0.2, 0) is 14.8 Å². The van der Waals surface area contributed by atoms with Crippen molar-refractivity contribution in [3.8, 4) is 0 Å². The summed E-state index contributed by atoms with van der Waals surface area (Å²) < 4.78 is 26.5. The molecule has 2 aliphatic rings. The molecule has 1 fully saturated rings. The third-order valence-corrected chi connectivity index (χ3v) is 8.57. The highest BCUT2D eigenvalue weighted by Crippen LogP contribution is 2.33. The topological polar surface area (TPSA) is 107 Å². The number of sulfonamides is 1. The van der Waals surface area contributed by atoms with Gasteiger partial charge in [0.15, 0.2) is 0 Å². The van der Waals surface area contributed by atoms with Gasteiger partial charge in [0.2, 0.25) is 5.91 Å². The summed E-state index contributed by atoms with van der Waals surface area (Å²) in [5, 5.41) is 2.96. The second kappa shape index (κ2) is 9.43. The molecule has 9 nitrogen and oxygen atoms in total. The summed E-state index contributed by atoms with van der Waals surface area (Å²) in [5.41, 5.74) is 3.26. The lowest BCUT2D eigenvalue weighted by molar-refractivity contribution is -0.117. The number of nitrogens with one attached hydrogen (secondary N) is 1. The second-order valence-electron chi connectivity index (χ2n) is 9.27. The van der Waals surface area contributed by atoms with E-state index in [0.717, 1.165) is 21.1 Å².